The Morgan fingerprint density at radius 3 is 2.69 bits per heavy atom. The van der Waals surface area contributed by atoms with Gasteiger partial charge >= 0.3 is 5.37 Å². The maximum atomic E-state index is 11.1. The zero-order valence-electron chi connectivity index (χ0n) is 8.42. The van der Waals surface area contributed by atoms with E-state index in [1.54, 1.807) is 4.90 Å². The summed E-state index contributed by atoms with van der Waals surface area (Å²) >= 11 is 5.51. The third-order valence-corrected chi connectivity index (χ3v) is 3.13. The third kappa shape index (κ3) is 2.87. The van der Waals surface area contributed by atoms with Crippen LogP contribution in [0.5, 0.6) is 0 Å². The fraction of sp³-hybridized carbons (Fsp3) is 0.900. The number of halogens is 1. The zero-order chi connectivity index (χ0) is 9.84. The molecular formula is C10H18ClNO. The first-order valence-corrected chi connectivity index (χ1v) is 5.49. The van der Waals surface area contributed by atoms with E-state index in [0.717, 1.165) is 25.3 Å². The van der Waals surface area contributed by atoms with Crippen LogP contribution in [-0.4, -0.2) is 22.9 Å². The number of carbonyl (C=O) groups excluding carboxylic acids is 1. The molecule has 2 nitrogen and oxygen atoms in total. The third-order valence-electron chi connectivity index (χ3n) is 2.92. The van der Waals surface area contributed by atoms with Crippen LogP contribution in [0.4, 0.5) is 4.79 Å². The highest BCUT2D eigenvalue weighted by molar-refractivity contribution is 6.62. The van der Waals surface area contributed by atoms with Gasteiger partial charge in [-0.25, -0.2) is 0 Å². The molecule has 1 fully saturated rings. The van der Waals surface area contributed by atoms with Crippen molar-refractivity contribution < 1.29 is 4.79 Å². The van der Waals surface area contributed by atoms with Crippen LogP contribution in [0.25, 0.3) is 0 Å². The monoisotopic (exact) mass is 203 g/mol. The van der Waals surface area contributed by atoms with E-state index in [1.165, 1.54) is 12.8 Å². The summed E-state index contributed by atoms with van der Waals surface area (Å²) in [5, 5.41) is -0.290. The zero-order valence-corrected chi connectivity index (χ0v) is 9.18. The molecule has 1 amide bonds. The predicted octanol–water partition coefficient (Wildman–Crippen LogP) is 3.25. The fourth-order valence-corrected chi connectivity index (χ4v) is 2.47. The van der Waals surface area contributed by atoms with E-state index in [9.17, 15) is 4.79 Å². The van der Waals surface area contributed by atoms with Crippen molar-refractivity contribution in [1.82, 2.24) is 4.90 Å². The molecule has 0 saturated heterocycles. The van der Waals surface area contributed by atoms with Crippen molar-refractivity contribution in [2.45, 2.75) is 45.6 Å². The number of carbonyl (C=O) groups is 1. The van der Waals surface area contributed by atoms with Crippen LogP contribution in [-0.2, 0) is 0 Å². The van der Waals surface area contributed by atoms with Gasteiger partial charge in [-0.2, -0.15) is 0 Å². The lowest BCUT2D eigenvalue weighted by Gasteiger charge is -2.34. The molecule has 0 radical (unpaired) electrons. The van der Waals surface area contributed by atoms with Crippen LogP contribution in [0, 0.1) is 5.92 Å². The van der Waals surface area contributed by atoms with Crippen molar-refractivity contribution in [3.63, 3.8) is 0 Å². The summed E-state index contributed by atoms with van der Waals surface area (Å²) in [5.74, 6) is 0.740. The molecule has 2 unspecified atom stereocenters. The normalized spacial score (nSPS) is 28.5. The first-order chi connectivity index (χ1) is 6.15. The Hall–Kier alpha value is -0.240. The second-order valence-electron chi connectivity index (χ2n) is 3.96. The van der Waals surface area contributed by atoms with Gasteiger partial charge in [-0.05, 0) is 37.3 Å². The molecule has 3 heteroatoms. The Labute approximate surface area is 85.2 Å². The molecule has 2 atom stereocenters. The molecule has 1 saturated carbocycles. The van der Waals surface area contributed by atoms with E-state index >= 15 is 0 Å². The van der Waals surface area contributed by atoms with Crippen LogP contribution in [0.15, 0.2) is 0 Å². The molecular weight excluding hydrogens is 186 g/mol. The van der Waals surface area contributed by atoms with Gasteiger partial charge in [0.05, 0.1) is 0 Å². The largest absolute Gasteiger partial charge is 0.327 e. The average Bonchev–Trinajstić information content (AvgIpc) is 2.04. The molecule has 1 aliphatic carbocycles. The van der Waals surface area contributed by atoms with Crippen molar-refractivity contribution in [2.75, 3.05) is 6.54 Å². The lowest BCUT2D eigenvalue weighted by Crippen LogP contribution is -2.39. The van der Waals surface area contributed by atoms with Crippen LogP contribution < -0.4 is 0 Å². The minimum atomic E-state index is -0.290. The van der Waals surface area contributed by atoms with E-state index in [1.807, 2.05) is 6.92 Å². The first-order valence-electron chi connectivity index (χ1n) is 5.11. The van der Waals surface area contributed by atoms with Gasteiger partial charge in [0.2, 0.25) is 0 Å². The van der Waals surface area contributed by atoms with Crippen molar-refractivity contribution in [3.8, 4) is 0 Å². The molecule has 0 spiro atoms. The second-order valence-corrected chi connectivity index (χ2v) is 4.29. The highest BCUT2D eigenvalue weighted by Crippen LogP contribution is 2.27. The molecule has 0 aromatic carbocycles. The molecule has 0 aliphatic heterocycles. The van der Waals surface area contributed by atoms with Gasteiger partial charge in [0, 0.05) is 12.6 Å². The summed E-state index contributed by atoms with van der Waals surface area (Å²) in [6, 6.07) is 0.388. The molecule has 0 bridgehead atoms. The minimum Gasteiger partial charge on any atom is -0.327 e. The van der Waals surface area contributed by atoms with E-state index in [-0.39, 0.29) is 5.37 Å². The number of hydrogen-bond acceptors (Lipinski definition) is 1. The van der Waals surface area contributed by atoms with E-state index in [4.69, 9.17) is 11.6 Å². The minimum absolute atomic E-state index is 0.290. The maximum absolute atomic E-state index is 11.1. The van der Waals surface area contributed by atoms with Gasteiger partial charge in [0.1, 0.15) is 0 Å². The van der Waals surface area contributed by atoms with Crippen molar-refractivity contribution in [1.29, 1.82) is 0 Å². The fourth-order valence-electron chi connectivity index (χ4n) is 2.21. The van der Waals surface area contributed by atoms with Crippen molar-refractivity contribution >= 4 is 17.0 Å². The quantitative estimate of drug-likeness (QED) is 0.499. The lowest BCUT2D eigenvalue weighted by atomic mass is 9.86. The Morgan fingerprint density at radius 1 is 1.54 bits per heavy atom. The second kappa shape index (κ2) is 4.85. The summed E-state index contributed by atoms with van der Waals surface area (Å²) in [4.78, 5) is 12.9. The molecule has 0 aromatic heterocycles. The molecule has 76 valence electrons. The first kappa shape index (κ1) is 10.8. The Morgan fingerprint density at radius 2 is 2.23 bits per heavy atom. The van der Waals surface area contributed by atoms with Crippen LogP contribution in [0.3, 0.4) is 0 Å². The van der Waals surface area contributed by atoms with Crippen LogP contribution in [0.1, 0.15) is 39.5 Å². The highest BCUT2D eigenvalue weighted by atomic mass is 35.5. The van der Waals surface area contributed by atoms with Gasteiger partial charge in [0.15, 0.2) is 0 Å². The number of nitrogens with zero attached hydrogens (tertiary/aromatic N) is 1. The standard InChI is InChI=1S/C10H18ClNO/c1-3-12(10(11)13)9-6-4-5-8(2)7-9/h8-9H,3-7H2,1-2H3. The van der Waals surface area contributed by atoms with Crippen molar-refractivity contribution in [3.05, 3.63) is 0 Å². The van der Waals surface area contributed by atoms with Gasteiger partial charge in [-0.3, -0.25) is 4.79 Å². The highest BCUT2D eigenvalue weighted by Gasteiger charge is 2.25. The average molecular weight is 204 g/mol. The molecule has 0 aromatic rings. The van der Waals surface area contributed by atoms with Gasteiger partial charge in [-0.1, -0.05) is 19.8 Å². The SMILES string of the molecule is CCN(C(=O)Cl)C1CCCC(C)C1. The summed E-state index contributed by atoms with van der Waals surface area (Å²) in [6.45, 7) is 4.97. The Balaban J connectivity index is 2.52. The molecule has 0 N–H and O–H groups in total. The summed E-state index contributed by atoms with van der Waals surface area (Å²) < 4.78 is 0. The molecule has 0 heterocycles. The lowest BCUT2D eigenvalue weighted by molar-refractivity contribution is 0.164. The van der Waals surface area contributed by atoms with E-state index < -0.39 is 0 Å². The molecule has 1 rings (SSSR count). The maximum Gasteiger partial charge on any atom is 0.316 e. The predicted molar refractivity (Wildman–Crippen MR) is 55.0 cm³/mol. The Bertz CT molecular complexity index is 184. The number of hydrogen-bond donors (Lipinski definition) is 0. The van der Waals surface area contributed by atoms with Gasteiger partial charge in [-0.15, -0.1) is 0 Å². The summed E-state index contributed by atoms with van der Waals surface area (Å²) in [5.41, 5.74) is 0. The van der Waals surface area contributed by atoms with E-state index in [0.29, 0.717) is 6.04 Å². The number of rotatable bonds is 2. The van der Waals surface area contributed by atoms with E-state index in [2.05, 4.69) is 6.92 Å². The smallest absolute Gasteiger partial charge is 0.316 e. The van der Waals surface area contributed by atoms with Gasteiger partial charge in [0.25, 0.3) is 0 Å². The van der Waals surface area contributed by atoms with Gasteiger partial charge < -0.3 is 4.90 Å². The summed E-state index contributed by atoms with van der Waals surface area (Å²) in [6.07, 6.45) is 4.76. The topological polar surface area (TPSA) is 20.3 Å². The summed E-state index contributed by atoms with van der Waals surface area (Å²) in [7, 11) is 0. The van der Waals surface area contributed by atoms with Crippen LogP contribution >= 0.6 is 11.6 Å². The molecule has 1 aliphatic rings. The van der Waals surface area contributed by atoms with Crippen molar-refractivity contribution in [2.24, 2.45) is 5.92 Å². The molecule has 13 heavy (non-hydrogen) atoms. The van der Waals surface area contributed by atoms with Crippen LogP contribution in [0.2, 0.25) is 0 Å². The Kier molecular flexibility index (Phi) is 4.04. The number of amides is 1.